The highest BCUT2D eigenvalue weighted by Crippen LogP contribution is 2.13. The molecule has 3 aromatic rings. The van der Waals surface area contributed by atoms with E-state index in [0.717, 1.165) is 11.3 Å². The van der Waals surface area contributed by atoms with Crippen molar-refractivity contribution in [2.24, 2.45) is 0 Å². The van der Waals surface area contributed by atoms with Gasteiger partial charge in [-0.3, -0.25) is 4.79 Å². The second-order valence-corrected chi connectivity index (χ2v) is 4.38. The molecule has 2 heterocycles. The Morgan fingerprint density at radius 2 is 2.14 bits per heavy atom. The number of carbonyl (C=O) groups excluding carboxylic acids is 1. The number of para-hydroxylation sites is 1. The number of nitrogens with one attached hydrogen (secondary N) is 1. The van der Waals surface area contributed by atoms with Gasteiger partial charge in [-0.15, -0.1) is 5.10 Å². The Labute approximate surface area is 120 Å². The van der Waals surface area contributed by atoms with Crippen LogP contribution in [0.4, 0.5) is 0 Å². The fourth-order valence-corrected chi connectivity index (χ4v) is 1.96. The van der Waals surface area contributed by atoms with Gasteiger partial charge in [0.15, 0.2) is 0 Å². The summed E-state index contributed by atoms with van der Waals surface area (Å²) in [5.41, 5.74) is 1.98. The van der Waals surface area contributed by atoms with Crippen molar-refractivity contribution in [1.29, 1.82) is 0 Å². The van der Waals surface area contributed by atoms with Crippen molar-refractivity contribution in [2.45, 2.75) is 13.1 Å². The summed E-state index contributed by atoms with van der Waals surface area (Å²) in [5, 5.41) is 13.5. The molecule has 8 nitrogen and oxygen atoms in total. The standard InChI is InChI=1S/C13H13N7O/c21-13(8-20-10-16-17-18-20)15-7-11-3-1-2-4-12(11)19-6-5-14-9-19/h1-6,9-10H,7-8H2,(H,15,21). The van der Waals surface area contributed by atoms with Gasteiger partial charge in [0.25, 0.3) is 0 Å². The quantitative estimate of drug-likeness (QED) is 0.721. The molecule has 0 aliphatic carbocycles. The number of benzene rings is 1. The van der Waals surface area contributed by atoms with Crippen LogP contribution in [0.1, 0.15) is 5.56 Å². The minimum absolute atomic E-state index is 0.0975. The maximum absolute atomic E-state index is 11.8. The van der Waals surface area contributed by atoms with E-state index < -0.39 is 0 Å². The highest BCUT2D eigenvalue weighted by Gasteiger charge is 2.07. The Kier molecular flexibility index (Phi) is 3.68. The first kappa shape index (κ1) is 13.0. The lowest BCUT2D eigenvalue weighted by molar-refractivity contribution is -0.122. The maximum atomic E-state index is 11.8. The van der Waals surface area contributed by atoms with E-state index in [1.54, 1.807) is 12.5 Å². The minimum atomic E-state index is -0.150. The zero-order valence-corrected chi connectivity index (χ0v) is 11.1. The summed E-state index contributed by atoms with van der Waals surface area (Å²) < 4.78 is 3.28. The van der Waals surface area contributed by atoms with Crippen LogP contribution in [0.2, 0.25) is 0 Å². The molecule has 21 heavy (non-hydrogen) atoms. The van der Waals surface area contributed by atoms with Gasteiger partial charge in [0.2, 0.25) is 5.91 Å². The first-order chi connectivity index (χ1) is 10.3. The molecule has 0 radical (unpaired) electrons. The number of tetrazole rings is 1. The Morgan fingerprint density at radius 1 is 1.24 bits per heavy atom. The molecular weight excluding hydrogens is 270 g/mol. The van der Waals surface area contributed by atoms with Crippen LogP contribution in [0, 0.1) is 0 Å². The summed E-state index contributed by atoms with van der Waals surface area (Å²) in [5.74, 6) is -0.150. The van der Waals surface area contributed by atoms with Crippen LogP contribution in [0.25, 0.3) is 5.69 Å². The third-order valence-corrected chi connectivity index (χ3v) is 2.95. The fourth-order valence-electron chi connectivity index (χ4n) is 1.96. The molecule has 0 aliphatic rings. The van der Waals surface area contributed by atoms with Crippen molar-refractivity contribution in [3.63, 3.8) is 0 Å². The summed E-state index contributed by atoms with van der Waals surface area (Å²) in [6.07, 6.45) is 6.70. The van der Waals surface area contributed by atoms with Crippen molar-refractivity contribution < 1.29 is 4.79 Å². The molecule has 0 saturated heterocycles. The third kappa shape index (κ3) is 3.11. The molecule has 0 bridgehead atoms. The predicted molar refractivity (Wildman–Crippen MR) is 73.2 cm³/mol. The summed E-state index contributed by atoms with van der Waals surface area (Å²) in [6, 6.07) is 7.82. The lowest BCUT2D eigenvalue weighted by atomic mass is 10.1. The van der Waals surface area contributed by atoms with Crippen LogP contribution >= 0.6 is 0 Å². The molecule has 1 amide bonds. The summed E-state index contributed by atoms with van der Waals surface area (Å²) >= 11 is 0. The lowest BCUT2D eigenvalue weighted by Crippen LogP contribution is -2.27. The van der Waals surface area contributed by atoms with Crippen LogP contribution in [-0.2, 0) is 17.9 Å². The lowest BCUT2D eigenvalue weighted by Gasteiger charge is -2.11. The van der Waals surface area contributed by atoms with Gasteiger partial charge < -0.3 is 9.88 Å². The predicted octanol–water partition coefficient (Wildman–Crippen LogP) is 0.175. The first-order valence-electron chi connectivity index (χ1n) is 6.36. The number of imidazole rings is 1. The van der Waals surface area contributed by atoms with Crippen LogP contribution in [-0.4, -0.2) is 35.7 Å². The van der Waals surface area contributed by atoms with Gasteiger partial charge in [-0.2, -0.15) is 0 Å². The molecule has 0 aliphatic heterocycles. The largest absolute Gasteiger partial charge is 0.350 e. The summed E-state index contributed by atoms with van der Waals surface area (Å²) in [6.45, 7) is 0.523. The molecular formula is C13H13N7O. The van der Waals surface area contributed by atoms with E-state index in [0.29, 0.717) is 6.54 Å². The zero-order chi connectivity index (χ0) is 14.5. The number of carbonyl (C=O) groups is 1. The highest BCUT2D eigenvalue weighted by molar-refractivity contribution is 5.75. The molecule has 106 valence electrons. The number of hydrogen-bond acceptors (Lipinski definition) is 5. The number of amides is 1. The van der Waals surface area contributed by atoms with E-state index in [4.69, 9.17) is 0 Å². The number of rotatable bonds is 5. The van der Waals surface area contributed by atoms with Crippen molar-refractivity contribution in [2.75, 3.05) is 0 Å². The molecule has 8 heteroatoms. The van der Waals surface area contributed by atoms with E-state index in [1.807, 2.05) is 35.0 Å². The summed E-state index contributed by atoms with van der Waals surface area (Å²) in [7, 11) is 0. The van der Waals surface area contributed by atoms with Crippen molar-refractivity contribution in [1.82, 2.24) is 35.1 Å². The van der Waals surface area contributed by atoms with E-state index in [-0.39, 0.29) is 12.5 Å². The monoisotopic (exact) mass is 283 g/mol. The second kappa shape index (κ2) is 5.95. The molecule has 1 aromatic carbocycles. The highest BCUT2D eigenvalue weighted by atomic mass is 16.2. The van der Waals surface area contributed by atoms with E-state index >= 15 is 0 Å². The van der Waals surface area contributed by atoms with Crippen molar-refractivity contribution in [3.05, 3.63) is 54.9 Å². The molecule has 0 saturated carbocycles. The first-order valence-corrected chi connectivity index (χ1v) is 6.36. The minimum Gasteiger partial charge on any atom is -0.350 e. The van der Waals surface area contributed by atoms with E-state index in [2.05, 4.69) is 25.8 Å². The zero-order valence-electron chi connectivity index (χ0n) is 11.1. The molecule has 1 N–H and O–H groups in total. The Balaban J connectivity index is 1.67. The van der Waals surface area contributed by atoms with Gasteiger partial charge in [-0.05, 0) is 22.1 Å². The number of hydrogen-bond donors (Lipinski definition) is 1. The van der Waals surface area contributed by atoms with Gasteiger partial charge in [0.1, 0.15) is 12.9 Å². The molecule has 0 atom stereocenters. The van der Waals surface area contributed by atoms with Crippen LogP contribution < -0.4 is 5.32 Å². The molecule has 0 spiro atoms. The van der Waals surface area contributed by atoms with E-state index in [9.17, 15) is 4.79 Å². The van der Waals surface area contributed by atoms with Gasteiger partial charge in [-0.25, -0.2) is 9.67 Å². The van der Waals surface area contributed by atoms with E-state index in [1.165, 1.54) is 11.0 Å². The van der Waals surface area contributed by atoms with Gasteiger partial charge in [-0.1, -0.05) is 18.2 Å². The summed E-state index contributed by atoms with van der Waals surface area (Å²) in [4.78, 5) is 15.9. The average Bonchev–Trinajstić information content (AvgIpc) is 3.18. The van der Waals surface area contributed by atoms with Gasteiger partial charge in [0, 0.05) is 18.9 Å². The SMILES string of the molecule is O=C(Cn1cnnn1)NCc1ccccc1-n1ccnc1. The molecule has 0 unspecified atom stereocenters. The van der Waals surface area contributed by atoms with Crippen molar-refractivity contribution >= 4 is 5.91 Å². The second-order valence-electron chi connectivity index (χ2n) is 4.38. The Morgan fingerprint density at radius 3 is 2.90 bits per heavy atom. The van der Waals surface area contributed by atoms with Crippen molar-refractivity contribution in [3.8, 4) is 5.69 Å². The Bertz CT molecular complexity index is 706. The smallest absolute Gasteiger partial charge is 0.242 e. The molecule has 0 fully saturated rings. The number of aromatic nitrogens is 6. The molecule has 3 rings (SSSR count). The van der Waals surface area contributed by atoms with Crippen LogP contribution in [0.15, 0.2) is 49.3 Å². The van der Waals surface area contributed by atoms with Crippen LogP contribution in [0.3, 0.4) is 0 Å². The van der Waals surface area contributed by atoms with Gasteiger partial charge in [0.05, 0.1) is 12.0 Å². The maximum Gasteiger partial charge on any atom is 0.242 e. The normalized spacial score (nSPS) is 10.5. The topological polar surface area (TPSA) is 90.5 Å². The average molecular weight is 283 g/mol. The fraction of sp³-hybridized carbons (Fsp3) is 0.154. The number of nitrogens with zero attached hydrogens (tertiary/aromatic N) is 6. The van der Waals surface area contributed by atoms with Gasteiger partial charge >= 0.3 is 0 Å². The Hall–Kier alpha value is -3.03. The third-order valence-electron chi connectivity index (χ3n) is 2.95. The van der Waals surface area contributed by atoms with Crippen LogP contribution in [0.5, 0.6) is 0 Å². The molecule has 2 aromatic heterocycles.